The predicted molar refractivity (Wildman–Crippen MR) is 191 cm³/mol. The van der Waals surface area contributed by atoms with Crippen molar-refractivity contribution in [2.75, 3.05) is 32.9 Å². The summed E-state index contributed by atoms with van der Waals surface area (Å²) in [7, 11) is -4.60. The Morgan fingerprint density at radius 1 is 0.917 bits per heavy atom. The standard InChI is InChI=1S/C37H52NO8PSi/c1-3-5-22-48(23-6-4-2)45-27-32-24-35(16-17-37(32)46-48)43-28-33(39)25-38-20-18-30-12-14-34(15-13-30)44-29-36(47(40)41)19-21-42-26-31-10-8-7-9-11-31/h7-17,24,33,36,38-39H,3-6,18-23,25-29H2,1-2H3/p+1/t33?,36-/m0/s1. The second-order valence-corrected chi connectivity index (χ2v) is 17.1. The second kappa shape index (κ2) is 20.6. The van der Waals surface area contributed by atoms with Gasteiger partial charge >= 0.3 is 16.6 Å². The highest BCUT2D eigenvalue weighted by molar-refractivity contribution is 7.38. The van der Waals surface area contributed by atoms with Crippen LogP contribution in [0.25, 0.3) is 0 Å². The number of benzene rings is 3. The molecule has 3 aromatic carbocycles. The molecule has 4 rings (SSSR count). The van der Waals surface area contributed by atoms with Crippen LogP contribution in [0.1, 0.15) is 62.6 Å². The first-order chi connectivity index (χ1) is 23.4. The van der Waals surface area contributed by atoms with Crippen LogP contribution in [-0.4, -0.2) is 63.2 Å². The fraction of sp³-hybridized carbons (Fsp3) is 0.514. The summed E-state index contributed by atoms with van der Waals surface area (Å²) in [5.41, 5.74) is 2.69. The van der Waals surface area contributed by atoms with Gasteiger partial charge in [0.1, 0.15) is 36.6 Å². The third-order valence-corrected chi connectivity index (χ3v) is 13.0. The lowest BCUT2D eigenvalue weighted by Gasteiger charge is -2.36. The van der Waals surface area contributed by atoms with Gasteiger partial charge < -0.3 is 33.5 Å². The topological polar surface area (TPSA) is 116 Å². The highest BCUT2D eigenvalue weighted by atomic mass is 31.1. The van der Waals surface area contributed by atoms with Gasteiger partial charge in [-0.2, -0.15) is 4.89 Å². The lowest BCUT2D eigenvalue weighted by atomic mass is 10.1. The Bertz CT molecular complexity index is 1360. The lowest BCUT2D eigenvalue weighted by molar-refractivity contribution is 0.106. The van der Waals surface area contributed by atoms with E-state index in [4.69, 9.17) is 23.1 Å². The molecule has 3 N–H and O–H groups in total. The molecule has 0 spiro atoms. The third-order valence-electron chi connectivity index (χ3n) is 8.44. The zero-order chi connectivity index (χ0) is 34.0. The van der Waals surface area contributed by atoms with Crippen molar-refractivity contribution in [1.29, 1.82) is 0 Å². The number of rotatable bonds is 23. The van der Waals surface area contributed by atoms with Gasteiger partial charge in [0.25, 0.3) is 0 Å². The van der Waals surface area contributed by atoms with E-state index in [-0.39, 0.29) is 13.2 Å². The van der Waals surface area contributed by atoms with Crippen LogP contribution in [0.2, 0.25) is 12.1 Å². The zero-order valence-electron chi connectivity index (χ0n) is 28.5. The van der Waals surface area contributed by atoms with Crippen LogP contribution < -0.4 is 19.2 Å². The number of fused-ring (bicyclic) bond motifs is 1. The molecule has 262 valence electrons. The number of unbranched alkanes of at least 4 members (excludes halogenated alkanes) is 2. The SMILES string of the molecule is CCCC[Si]1(CCCC)OCc2cc(OCC(O)CNCCc3ccc(OC[C@H](CCOCc4ccccc4)[P+](=O)O)cc3)ccc2O1. The molecule has 0 bridgehead atoms. The summed E-state index contributed by atoms with van der Waals surface area (Å²) in [6.07, 6.45) is 5.11. The van der Waals surface area contributed by atoms with Crippen molar-refractivity contribution < 1.29 is 37.6 Å². The van der Waals surface area contributed by atoms with Crippen molar-refractivity contribution >= 4 is 16.6 Å². The van der Waals surface area contributed by atoms with Crippen LogP contribution in [0.5, 0.6) is 17.2 Å². The molecule has 3 atom stereocenters. The molecule has 0 aromatic heterocycles. The molecular weight excluding hydrogens is 645 g/mol. The molecule has 48 heavy (non-hydrogen) atoms. The van der Waals surface area contributed by atoms with Crippen LogP contribution in [0.15, 0.2) is 72.8 Å². The second-order valence-electron chi connectivity index (χ2n) is 12.4. The van der Waals surface area contributed by atoms with Crippen LogP contribution in [0, 0.1) is 0 Å². The number of aliphatic hydroxyl groups excluding tert-OH is 1. The molecule has 0 radical (unpaired) electrons. The first-order valence-corrected chi connectivity index (χ1v) is 20.9. The van der Waals surface area contributed by atoms with E-state index in [1.165, 1.54) is 0 Å². The molecule has 0 saturated carbocycles. The lowest BCUT2D eigenvalue weighted by Crippen LogP contribution is -2.47. The van der Waals surface area contributed by atoms with Crippen LogP contribution in [-0.2, 0) is 33.4 Å². The van der Waals surface area contributed by atoms with Gasteiger partial charge in [-0.25, -0.2) is 0 Å². The molecule has 0 amide bonds. The minimum atomic E-state index is -2.38. The summed E-state index contributed by atoms with van der Waals surface area (Å²) in [6.45, 7) is 7.27. The highest BCUT2D eigenvalue weighted by Crippen LogP contribution is 2.37. The van der Waals surface area contributed by atoms with Gasteiger partial charge in [0.05, 0.1) is 19.8 Å². The van der Waals surface area contributed by atoms with Gasteiger partial charge in [0.2, 0.25) is 5.66 Å². The fourth-order valence-corrected chi connectivity index (χ4v) is 9.63. The Labute approximate surface area is 288 Å². The van der Waals surface area contributed by atoms with E-state index in [1.807, 2.05) is 72.8 Å². The van der Waals surface area contributed by atoms with E-state index in [1.54, 1.807) is 0 Å². The number of aliphatic hydroxyl groups is 1. The van der Waals surface area contributed by atoms with E-state index in [0.29, 0.717) is 50.8 Å². The zero-order valence-corrected chi connectivity index (χ0v) is 30.4. The maximum atomic E-state index is 11.8. The Kier molecular flexibility index (Phi) is 16.3. The summed E-state index contributed by atoms with van der Waals surface area (Å²) in [6, 6.07) is 25.5. The summed E-state index contributed by atoms with van der Waals surface area (Å²) < 4.78 is 42.2. The van der Waals surface area contributed by atoms with Crippen LogP contribution >= 0.6 is 8.03 Å². The average Bonchev–Trinajstić information content (AvgIpc) is 3.11. The fourth-order valence-electron chi connectivity index (χ4n) is 5.50. The first kappa shape index (κ1) is 38.0. The molecule has 9 nitrogen and oxygen atoms in total. The first-order valence-electron chi connectivity index (χ1n) is 17.4. The maximum Gasteiger partial charge on any atom is 0.512 e. The van der Waals surface area contributed by atoms with Gasteiger partial charge in [-0.05, 0) is 59.0 Å². The third kappa shape index (κ3) is 12.9. The molecule has 1 aliphatic heterocycles. The summed E-state index contributed by atoms with van der Waals surface area (Å²) in [4.78, 5) is 9.74. The van der Waals surface area contributed by atoms with Crippen molar-refractivity contribution in [1.82, 2.24) is 5.32 Å². The Morgan fingerprint density at radius 2 is 1.62 bits per heavy atom. The number of hydrogen-bond donors (Lipinski definition) is 3. The van der Waals surface area contributed by atoms with Gasteiger partial charge in [-0.15, -0.1) is 0 Å². The number of nitrogens with one attached hydrogen (secondary N) is 1. The largest absolute Gasteiger partial charge is 0.520 e. The Morgan fingerprint density at radius 3 is 2.33 bits per heavy atom. The minimum absolute atomic E-state index is 0.147. The van der Waals surface area contributed by atoms with Crippen molar-refractivity contribution in [2.24, 2.45) is 0 Å². The predicted octanol–water partition coefficient (Wildman–Crippen LogP) is 7.30. The van der Waals surface area contributed by atoms with E-state index >= 15 is 0 Å². The monoisotopic (exact) mass is 698 g/mol. The quantitative estimate of drug-likeness (QED) is 0.0533. The molecule has 0 saturated heterocycles. The summed E-state index contributed by atoms with van der Waals surface area (Å²) in [5.74, 6) is 2.27. The van der Waals surface area contributed by atoms with Crippen molar-refractivity contribution in [2.45, 2.75) is 89.4 Å². The average molecular weight is 699 g/mol. The van der Waals surface area contributed by atoms with Gasteiger partial charge in [-0.3, -0.25) is 0 Å². The van der Waals surface area contributed by atoms with Gasteiger partial charge in [0, 0.05) is 30.6 Å². The molecule has 11 heteroatoms. The molecular formula is C37H53NO8PSi+. The highest BCUT2D eigenvalue weighted by Gasteiger charge is 2.42. The van der Waals surface area contributed by atoms with Crippen molar-refractivity contribution in [3.05, 3.63) is 89.5 Å². The van der Waals surface area contributed by atoms with Crippen molar-refractivity contribution in [3.63, 3.8) is 0 Å². The number of ether oxygens (including phenoxy) is 3. The molecule has 1 aliphatic rings. The smallest absolute Gasteiger partial charge is 0.512 e. The normalized spacial score (nSPS) is 15.2. The Hall–Kier alpha value is -2.82. The van der Waals surface area contributed by atoms with Gasteiger partial charge in [0.15, 0.2) is 0 Å². The molecule has 2 unspecified atom stereocenters. The maximum absolute atomic E-state index is 11.8. The van der Waals surface area contributed by atoms with E-state index in [2.05, 4.69) is 19.2 Å². The summed E-state index contributed by atoms with van der Waals surface area (Å²) in [5, 5.41) is 13.8. The number of hydrogen-bond acceptors (Lipinski definition) is 8. The van der Waals surface area contributed by atoms with E-state index < -0.39 is 28.4 Å². The molecule has 0 fully saturated rings. The van der Waals surface area contributed by atoms with Crippen LogP contribution in [0.4, 0.5) is 0 Å². The molecule has 1 heterocycles. The minimum Gasteiger partial charge on any atom is -0.520 e. The molecule has 0 aliphatic carbocycles. The van der Waals surface area contributed by atoms with Gasteiger partial charge in [-0.1, -0.05) is 82.0 Å². The molecule has 3 aromatic rings. The Balaban J connectivity index is 1.11. The van der Waals surface area contributed by atoms with Crippen LogP contribution in [0.3, 0.4) is 0 Å². The van der Waals surface area contributed by atoms with E-state index in [9.17, 15) is 14.6 Å². The van der Waals surface area contributed by atoms with E-state index in [0.717, 1.165) is 66.6 Å². The van der Waals surface area contributed by atoms with Crippen molar-refractivity contribution in [3.8, 4) is 17.2 Å². The summed E-state index contributed by atoms with van der Waals surface area (Å²) >= 11 is 0.